The maximum atomic E-state index is 12.7. The van der Waals surface area contributed by atoms with E-state index in [0.717, 1.165) is 16.3 Å². The average Bonchev–Trinajstić information content (AvgIpc) is 3.24. The van der Waals surface area contributed by atoms with Gasteiger partial charge in [0.05, 0.1) is 5.69 Å². The van der Waals surface area contributed by atoms with Crippen molar-refractivity contribution < 1.29 is 17.9 Å². The first-order valence-electron chi connectivity index (χ1n) is 8.09. The normalized spacial score (nSPS) is 11.9. The smallest absolute Gasteiger partial charge is 0.435 e. The molecule has 1 aromatic carbocycles. The Hall–Kier alpha value is -3.63. The van der Waals surface area contributed by atoms with Gasteiger partial charge < -0.3 is 4.74 Å². The number of nitrogens with zero attached hydrogens (tertiary/aromatic N) is 5. The molecule has 0 unspecified atom stereocenters. The Morgan fingerprint density at radius 1 is 1.14 bits per heavy atom. The summed E-state index contributed by atoms with van der Waals surface area (Å²) in [7, 11) is 1.33. The van der Waals surface area contributed by atoms with E-state index in [1.807, 2.05) is 30.3 Å². The summed E-state index contributed by atoms with van der Waals surface area (Å²) in [5, 5.41) is 6.22. The highest BCUT2D eigenvalue weighted by Crippen LogP contribution is 2.30. The first-order valence-corrected chi connectivity index (χ1v) is 8.09. The largest absolute Gasteiger partial charge is 0.471 e. The van der Waals surface area contributed by atoms with Gasteiger partial charge in [-0.15, -0.1) is 0 Å². The summed E-state index contributed by atoms with van der Waals surface area (Å²) >= 11 is 0. The van der Waals surface area contributed by atoms with Gasteiger partial charge in [-0.05, 0) is 0 Å². The molecule has 0 bridgehead atoms. The number of ether oxygens (including phenoxy) is 1. The lowest BCUT2D eigenvalue weighted by molar-refractivity contribution is -0.141. The Balaban J connectivity index is 1.60. The molecule has 28 heavy (non-hydrogen) atoms. The van der Waals surface area contributed by atoms with Gasteiger partial charge in [0, 0.05) is 24.7 Å². The highest BCUT2D eigenvalue weighted by molar-refractivity contribution is 5.56. The van der Waals surface area contributed by atoms with Crippen LogP contribution in [0.5, 0.6) is 5.88 Å². The van der Waals surface area contributed by atoms with Crippen molar-refractivity contribution in [1.29, 1.82) is 0 Å². The van der Waals surface area contributed by atoms with Gasteiger partial charge in [0.25, 0.3) is 11.3 Å². The summed E-state index contributed by atoms with van der Waals surface area (Å²) in [6.07, 6.45) is -4.57. The van der Waals surface area contributed by atoms with Crippen molar-refractivity contribution in [3.8, 4) is 17.3 Å². The van der Waals surface area contributed by atoms with E-state index in [-0.39, 0.29) is 24.0 Å². The molecule has 0 saturated carbocycles. The molecule has 0 radical (unpaired) electrons. The van der Waals surface area contributed by atoms with Gasteiger partial charge in [-0.2, -0.15) is 27.8 Å². The molecule has 8 nitrogen and oxygen atoms in total. The van der Waals surface area contributed by atoms with Crippen LogP contribution in [0.3, 0.4) is 0 Å². The molecule has 0 amide bonds. The Labute approximate surface area is 155 Å². The van der Waals surface area contributed by atoms with Crippen molar-refractivity contribution in [3.05, 3.63) is 64.2 Å². The third kappa shape index (κ3) is 3.33. The monoisotopic (exact) mass is 390 g/mol. The minimum absolute atomic E-state index is 0.0960. The molecule has 3 heterocycles. The van der Waals surface area contributed by atoms with Crippen LogP contribution in [-0.4, -0.2) is 29.4 Å². The van der Waals surface area contributed by atoms with Crippen molar-refractivity contribution in [2.45, 2.75) is 12.8 Å². The molecular weight excluding hydrogens is 377 g/mol. The standard InChI is InChI=1S/C17H13F3N6O2/c1-25-14(8-12(23-25)17(18,19)20)28-9-11-7-13(27)26-16(21-11)22-15(24-26)10-5-3-2-4-6-10/h2-8H,9H2,1H3,(H,21,22,24). The van der Waals surface area contributed by atoms with Crippen LogP contribution in [0.4, 0.5) is 13.2 Å². The second-order valence-electron chi connectivity index (χ2n) is 5.94. The highest BCUT2D eigenvalue weighted by atomic mass is 19.4. The van der Waals surface area contributed by atoms with E-state index in [9.17, 15) is 18.0 Å². The number of halogens is 3. The summed E-state index contributed by atoms with van der Waals surface area (Å²) < 4.78 is 45.6. The second-order valence-corrected chi connectivity index (χ2v) is 5.94. The third-order valence-corrected chi connectivity index (χ3v) is 3.93. The molecule has 0 spiro atoms. The highest BCUT2D eigenvalue weighted by Gasteiger charge is 2.35. The fourth-order valence-electron chi connectivity index (χ4n) is 2.60. The van der Waals surface area contributed by atoms with Crippen LogP contribution in [-0.2, 0) is 19.8 Å². The lowest BCUT2D eigenvalue weighted by Gasteiger charge is -2.04. The molecule has 0 aliphatic heterocycles. The SMILES string of the molecule is Cn1nc(C(F)(F)F)cc1OCc1cc(=O)n2[nH]c(-c3ccccc3)nc2n1. The maximum Gasteiger partial charge on any atom is 0.435 e. The fraction of sp³-hybridized carbons (Fsp3) is 0.176. The summed E-state index contributed by atoms with van der Waals surface area (Å²) in [5.74, 6) is 0.497. The number of nitrogens with one attached hydrogen (secondary N) is 1. The van der Waals surface area contributed by atoms with Crippen molar-refractivity contribution in [1.82, 2.24) is 29.4 Å². The van der Waals surface area contributed by atoms with E-state index < -0.39 is 17.4 Å². The fourth-order valence-corrected chi connectivity index (χ4v) is 2.60. The van der Waals surface area contributed by atoms with E-state index >= 15 is 0 Å². The van der Waals surface area contributed by atoms with E-state index in [1.165, 1.54) is 17.6 Å². The van der Waals surface area contributed by atoms with Gasteiger partial charge in [0.1, 0.15) is 6.61 Å². The number of hydrogen-bond acceptors (Lipinski definition) is 5. The summed E-state index contributed by atoms with van der Waals surface area (Å²) in [6.45, 7) is -0.212. The number of benzene rings is 1. The molecule has 3 aromatic heterocycles. The molecule has 1 N–H and O–H groups in total. The summed E-state index contributed by atoms with van der Waals surface area (Å²) in [4.78, 5) is 20.8. The molecule has 0 saturated heterocycles. The van der Waals surface area contributed by atoms with Crippen LogP contribution in [0.25, 0.3) is 17.2 Å². The van der Waals surface area contributed by atoms with Gasteiger partial charge in [0.2, 0.25) is 5.88 Å². The second kappa shape index (κ2) is 6.51. The predicted octanol–water partition coefficient (Wildman–Crippen LogP) is 2.42. The van der Waals surface area contributed by atoms with E-state index in [0.29, 0.717) is 5.82 Å². The van der Waals surface area contributed by atoms with Crippen LogP contribution in [0.15, 0.2) is 47.3 Å². The lowest BCUT2D eigenvalue weighted by Crippen LogP contribution is -2.16. The number of rotatable bonds is 4. The van der Waals surface area contributed by atoms with Crippen LogP contribution in [0, 0.1) is 0 Å². The van der Waals surface area contributed by atoms with E-state index in [2.05, 4.69) is 20.2 Å². The number of fused-ring (bicyclic) bond motifs is 1. The van der Waals surface area contributed by atoms with Crippen molar-refractivity contribution >= 4 is 5.78 Å². The molecule has 0 fully saturated rings. The zero-order valence-corrected chi connectivity index (χ0v) is 14.4. The number of aromatic nitrogens is 6. The predicted molar refractivity (Wildman–Crippen MR) is 91.6 cm³/mol. The van der Waals surface area contributed by atoms with Crippen molar-refractivity contribution in [2.75, 3.05) is 0 Å². The van der Waals surface area contributed by atoms with Gasteiger partial charge >= 0.3 is 6.18 Å². The Bertz CT molecular complexity index is 1190. The number of alkyl halides is 3. The van der Waals surface area contributed by atoms with Crippen molar-refractivity contribution in [3.63, 3.8) is 0 Å². The summed E-state index contributed by atoms with van der Waals surface area (Å²) in [5.41, 5.74) is -0.474. The van der Waals surface area contributed by atoms with Crippen LogP contribution in [0.1, 0.15) is 11.4 Å². The molecule has 4 rings (SSSR count). The minimum atomic E-state index is -4.57. The number of aromatic amines is 1. The zero-order valence-electron chi connectivity index (χ0n) is 14.4. The average molecular weight is 390 g/mol. The molecule has 0 atom stereocenters. The first kappa shape index (κ1) is 17.8. The van der Waals surface area contributed by atoms with Gasteiger partial charge in [0.15, 0.2) is 11.5 Å². The Kier molecular flexibility index (Phi) is 4.13. The first-order chi connectivity index (χ1) is 13.3. The van der Waals surface area contributed by atoms with Gasteiger partial charge in [-0.3, -0.25) is 9.89 Å². The van der Waals surface area contributed by atoms with E-state index in [1.54, 1.807) is 0 Å². The maximum absolute atomic E-state index is 12.7. The van der Waals surface area contributed by atoms with Crippen molar-refractivity contribution in [2.24, 2.45) is 7.05 Å². The number of aryl methyl sites for hydroxylation is 1. The molecule has 11 heteroatoms. The van der Waals surface area contributed by atoms with Crippen LogP contribution >= 0.6 is 0 Å². The number of H-pyrrole nitrogens is 1. The minimum Gasteiger partial charge on any atom is -0.471 e. The van der Waals surface area contributed by atoms with Crippen LogP contribution in [0.2, 0.25) is 0 Å². The van der Waals surface area contributed by atoms with Gasteiger partial charge in [-0.25, -0.2) is 9.67 Å². The molecule has 0 aliphatic carbocycles. The van der Waals surface area contributed by atoms with Gasteiger partial charge in [-0.1, -0.05) is 30.3 Å². The zero-order chi connectivity index (χ0) is 19.9. The summed E-state index contributed by atoms with van der Waals surface area (Å²) in [6, 6.07) is 11.2. The molecule has 144 valence electrons. The van der Waals surface area contributed by atoms with Crippen LogP contribution < -0.4 is 10.3 Å². The Morgan fingerprint density at radius 3 is 2.57 bits per heavy atom. The Morgan fingerprint density at radius 2 is 1.89 bits per heavy atom. The quantitative estimate of drug-likeness (QED) is 0.578. The molecule has 4 aromatic rings. The third-order valence-electron chi connectivity index (χ3n) is 3.93. The topological polar surface area (TPSA) is 90.1 Å². The number of hydrogen-bond donors (Lipinski definition) is 1. The molecular formula is C17H13F3N6O2. The lowest BCUT2D eigenvalue weighted by atomic mass is 10.2. The molecule has 0 aliphatic rings. The van der Waals surface area contributed by atoms with E-state index in [4.69, 9.17) is 4.74 Å².